The molecule has 0 spiro atoms. The van der Waals surface area contributed by atoms with Gasteiger partial charge in [0.2, 0.25) is 0 Å². The van der Waals surface area contributed by atoms with E-state index >= 15 is 0 Å². The van der Waals surface area contributed by atoms with Gasteiger partial charge in [-0.1, -0.05) is 24.3 Å². The highest BCUT2D eigenvalue weighted by atomic mass is 32.1. The van der Waals surface area contributed by atoms with Crippen LogP contribution in [0.2, 0.25) is 0 Å². The second-order valence-corrected chi connectivity index (χ2v) is 6.28. The maximum absolute atomic E-state index is 10.9. The number of benzene rings is 1. The molecule has 1 aromatic carbocycles. The van der Waals surface area contributed by atoms with Gasteiger partial charge in [-0.05, 0) is 36.1 Å². The minimum atomic E-state index is -0.829. The first-order valence-corrected chi connectivity index (χ1v) is 7.65. The maximum atomic E-state index is 10.9. The van der Waals surface area contributed by atoms with Gasteiger partial charge in [0.25, 0.3) is 0 Å². The van der Waals surface area contributed by atoms with Gasteiger partial charge in [-0.2, -0.15) is 0 Å². The monoisotopic (exact) mass is 287 g/mol. The van der Waals surface area contributed by atoms with E-state index in [2.05, 4.69) is 29.2 Å². The zero-order valence-electron chi connectivity index (χ0n) is 11.2. The van der Waals surface area contributed by atoms with Crippen LogP contribution in [0.3, 0.4) is 0 Å². The number of hydrogen-bond donors (Lipinski definition) is 1. The largest absolute Gasteiger partial charge is 0.477 e. The third-order valence-corrected chi connectivity index (χ3v) is 4.82. The van der Waals surface area contributed by atoms with Crippen molar-refractivity contribution in [1.29, 1.82) is 0 Å². The van der Waals surface area contributed by atoms with Crippen LogP contribution in [0.4, 0.5) is 0 Å². The van der Waals surface area contributed by atoms with Crippen LogP contribution >= 0.6 is 11.3 Å². The molecule has 0 bridgehead atoms. The minimum absolute atomic E-state index is 0.429. The zero-order chi connectivity index (χ0) is 13.9. The van der Waals surface area contributed by atoms with Crippen molar-refractivity contribution in [2.75, 3.05) is 13.1 Å². The lowest BCUT2D eigenvalue weighted by molar-refractivity contribution is 0.0702. The van der Waals surface area contributed by atoms with Gasteiger partial charge >= 0.3 is 5.97 Å². The third-order valence-electron chi connectivity index (χ3n) is 3.77. The molecule has 0 saturated carbocycles. The number of carbonyl (C=O) groups is 1. The standard InChI is InChI=1S/C16H17NO2S/c18-16(19)15-6-5-14(20-15)11-17-9-7-12-3-1-2-4-13(12)8-10-17/h1-6H,7-11H2,(H,18,19). The number of nitrogens with zero attached hydrogens (tertiary/aromatic N) is 1. The molecular weight excluding hydrogens is 270 g/mol. The van der Waals surface area contributed by atoms with Crippen molar-refractivity contribution in [2.45, 2.75) is 19.4 Å². The number of rotatable bonds is 3. The molecule has 3 nitrogen and oxygen atoms in total. The number of hydrogen-bond acceptors (Lipinski definition) is 3. The SMILES string of the molecule is O=C(O)c1ccc(CN2CCc3ccccc3CC2)s1. The normalized spacial score (nSPS) is 15.6. The van der Waals surface area contributed by atoms with Gasteiger partial charge in [-0.15, -0.1) is 11.3 Å². The molecule has 3 rings (SSSR count). The minimum Gasteiger partial charge on any atom is -0.477 e. The van der Waals surface area contributed by atoms with E-state index in [9.17, 15) is 4.79 Å². The van der Waals surface area contributed by atoms with Gasteiger partial charge < -0.3 is 5.11 Å². The Morgan fingerprint density at radius 3 is 2.30 bits per heavy atom. The van der Waals surface area contributed by atoms with Crippen LogP contribution in [0, 0.1) is 0 Å². The molecule has 4 heteroatoms. The summed E-state index contributed by atoms with van der Waals surface area (Å²) >= 11 is 1.38. The van der Waals surface area contributed by atoms with Crippen molar-refractivity contribution in [3.8, 4) is 0 Å². The predicted octanol–water partition coefficient (Wildman–Crippen LogP) is 3.05. The Hall–Kier alpha value is -1.65. The first kappa shape index (κ1) is 13.3. The van der Waals surface area contributed by atoms with E-state index in [1.54, 1.807) is 6.07 Å². The highest BCUT2D eigenvalue weighted by molar-refractivity contribution is 7.13. The van der Waals surface area contributed by atoms with Gasteiger partial charge in [-0.25, -0.2) is 4.79 Å². The molecule has 0 unspecified atom stereocenters. The quantitative estimate of drug-likeness (QED) is 0.943. The Bertz CT molecular complexity index is 593. The Balaban J connectivity index is 1.66. The Morgan fingerprint density at radius 2 is 1.75 bits per heavy atom. The number of thiophene rings is 1. The molecule has 104 valence electrons. The molecule has 0 fully saturated rings. The fourth-order valence-corrected chi connectivity index (χ4v) is 3.56. The van der Waals surface area contributed by atoms with Gasteiger partial charge in [0.05, 0.1) is 0 Å². The summed E-state index contributed by atoms with van der Waals surface area (Å²) in [6.07, 6.45) is 2.15. The summed E-state index contributed by atoms with van der Waals surface area (Å²) in [5.74, 6) is -0.829. The maximum Gasteiger partial charge on any atom is 0.345 e. The van der Waals surface area contributed by atoms with Crippen LogP contribution < -0.4 is 0 Å². The molecule has 1 aromatic heterocycles. The van der Waals surface area contributed by atoms with Crippen LogP contribution in [0.1, 0.15) is 25.7 Å². The summed E-state index contributed by atoms with van der Waals surface area (Å²) in [4.78, 5) is 14.9. The molecule has 0 atom stereocenters. The Kier molecular flexibility index (Phi) is 3.85. The Morgan fingerprint density at radius 1 is 1.10 bits per heavy atom. The number of fused-ring (bicyclic) bond motifs is 1. The summed E-state index contributed by atoms with van der Waals surface area (Å²) in [5, 5.41) is 8.96. The number of carboxylic acids is 1. The van der Waals surface area contributed by atoms with Crippen molar-refractivity contribution in [3.05, 3.63) is 57.3 Å². The summed E-state index contributed by atoms with van der Waals surface area (Å²) in [7, 11) is 0. The molecule has 0 saturated heterocycles. The van der Waals surface area contributed by atoms with E-state index < -0.39 is 5.97 Å². The zero-order valence-corrected chi connectivity index (χ0v) is 12.0. The molecule has 0 radical (unpaired) electrons. The molecule has 2 heterocycles. The topological polar surface area (TPSA) is 40.5 Å². The molecular formula is C16H17NO2S. The fourth-order valence-electron chi connectivity index (χ4n) is 2.67. The number of aromatic carboxylic acids is 1. The first-order valence-electron chi connectivity index (χ1n) is 6.83. The van der Waals surface area contributed by atoms with Crippen LogP contribution in [-0.2, 0) is 19.4 Å². The average molecular weight is 287 g/mol. The van der Waals surface area contributed by atoms with Crippen LogP contribution in [0.5, 0.6) is 0 Å². The molecule has 1 N–H and O–H groups in total. The van der Waals surface area contributed by atoms with Gasteiger partial charge in [0, 0.05) is 24.5 Å². The van der Waals surface area contributed by atoms with Gasteiger partial charge in [0.15, 0.2) is 0 Å². The molecule has 1 aliphatic rings. The first-order chi connectivity index (χ1) is 9.72. The summed E-state index contributed by atoms with van der Waals surface area (Å²) in [6, 6.07) is 12.3. The summed E-state index contributed by atoms with van der Waals surface area (Å²) in [6.45, 7) is 2.93. The average Bonchev–Trinajstić information content (AvgIpc) is 2.82. The molecule has 1 aliphatic heterocycles. The molecule has 20 heavy (non-hydrogen) atoms. The lowest BCUT2D eigenvalue weighted by Gasteiger charge is -2.18. The van der Waals surface area contributed by atoms with E-state index in [0.717, 1.165) is 37.4 Å². The molecule has 0 amide bonds. The van der Waals surface area contributed by atoms with Crippen molar-refractivity contribution in [3.63, 3.8) is 0 Å². The van der Waals surface area contributed by atoms with Crippen molar-refractivity contribution in [1.82, 2.24) is 4.90 Å². The lowest BCUT2D eigenvalue weighted by Crippen LogP contribution is -2.25. The fraction of sp³-hybridized carbons (Fsp3) is 0.312. The van der Waals surface area contributed by atoms with Gasteiger partial charge in [-0.3, -0.25) is 4.90 Å². The van der Waals surface area contributed by atoms with E-state index in [1.807, 2.05) is 6.07 Å². The second-order valence-electron chi connectivity index (χ2n) is 5.12. The molecule has 2 aromatic rings. The van der Waals surface area contributed by atoms with Crippen LogP contribution in [0.15, 0.2) is 36.4 Å². The highest BCUT2D eigenvalue weighted by Gasteiger charge is 2.15. The van der Waals surface area contributed by atoms with E-state index in [-0.39, 0.29) is 0 Å². The lowest BCUT2D eigenvalue weighted by atomic mass is 10.0. The van der Waals surface area contributed by atoms with Crippen molar-refractivity contribution in [2.24, 2.45) is 0 Å². The highest BCUT2D eigenvalue weighted by Crippen LogP contribution is 2.21. The smallest absolute Gasteiger partial charge is 0.345 e. The van der Waals surface area contributed by atoms with E-state index in [4.69, 9.17) is 5.11 Å². The van der Waals surface area contributed by atoms with Crippen molar-refractivity contribution >= 4 is 17.3 Å². The summed E-state index contributed by atoms with van der Waals surface area (Å²) in [5.41, 5.74) is 2.90. The van der Waals surface area contributed by atoms with E-state index in [1.165, 1.54) is 22.5 Å². The third kappa shape index (κ3) is 2.92. The Labute approximate surface area is 122 Å². The molecule has 0 aliphatic carbocycles. The predicted molar refractivity (Wildman–Crippen MR) is 80.4 cm³/mol. The van der Waals surface area contributed by atoms with Crippen LogP contribution in [-0.4, -0.2) is 29.1 Å². The summed E-state index contributed by atoms with van der Waals surface area (Å²) < 4.78 is 0. The van der Waals surface area contributed by atoms with Gasteiger partial charge in [0.1, 0.15) is 4.88 Å². The number of carboxylic acid groups (broad SMARTS) is 1. The van der Waals surface area contributed by atoms with Crippen molar-refractivity contribution < 1.29 is 9.90 Å². The van der Waals surface area contributed by atoms with Crippen LogP contribution in [0.25, 0.3) is 0 Å². The van der Waals surface area contributed by atoms with E-state index in [0.29, 0.717) is 4.88 Å². The second kappa shape index (κ2) is 5.77.